The highest BCUT2D eigenvalue weighted by atomic mass is 15.3. The maximum atomic E-state index is 9.06. The number of aromatic nitrogens is 2. The molecule has 2 heterocycles. The predicted octanol–water partition coefficient (Wildman–Crippen LogP) is 2.80. The second-order valence-electron chi connectivity index (χ2n) is 6.77. The first-order chi connectivity index (χ1) is 12.7. The Kier molecular flexibility index (Phi) is 5.90. The predicted molar refractivity (Wildman–Crippen MR) is 103 cm³/mol. The lowest BCUT2D eigenvalue weighted by molar-refractivity contribution is 0.189. The number of benzene rings is 1. The number of nitriles is 1. The molecule has 1 aromatic carbocycles. The van der Waals surface area contributed by atoms with Gasteiger partial charge in [-0.15, -0.1) is 0 Å². The molecule has 136 valence electrons. The van der Waals surface area contributed by atoms with Crippen LogP contribution in [0, 0.1) is 17.2 Å². The number of hydrogen-bond acceptors (Lipinski definition) is 3. The van der Waals surface area contributed by atoms with E-state index in [4.69, 9.17) is 10.3 Å². The van der Waals surface area contributed by atoms with Gasteiger partial charge < -0.3 is 14.8 Å². The fraction of sp³-hybridized carbons (Fsp3) is 0.450. The number of rotatable bonds is 4. The Morgan fingerprint density at radius 2 is 2.35 bits per heavy atom. The minimum absolute atomic E-state index is 0.400. The van der Waals surface area contributed by atoms with Crippen molar-refractivity contribution in [2.45, 2.75) is 32.9 Å². The van der Waals surface area contributed by atoms with Crippen LogP contribution in [0.15, 0.2) is 48.0 Å². The second kappa shape index (κ2) is 8.52. The first-order valence-electron chi connectivity index (χ1n) is 9.21. The molecule has 0 radical (unpaired) electrons. The second-order valence-corrected chi connectivity index (χ2v) is 6.77. The molecule has 0 amide bonds. The maximum Gasteiger partial charge on any atom is 0.194 e. The Morgan fingerprint density at radius 1 is 1.46 bits per heavy atom. The minimum atomic E-state index is 0.400. The van der Waals surface area contributed by atoms with Crippen molar-refractivity contribution < 1.29 is 0 Å². The van der Waals surface area contributed by atoms with Gasteiger partial charge in [0, 0.05) is 32.0 Å². The summed E-state index contributed by atoms with van der Waals surface area (Å²) in [7, 11) is 0. The number of likely N-dealkylation sites (tertiary alicyclic amines) is 1. The van der Waals surface area contributed by atoms with Gasteiger partial charge >= 0.3 is 0 Å². The van der Waals surface area contributed by atoms with E-state index in [0.717, 1.165) is 37.6 Å². The lowest BCUT2D eigenvalue weighted by Gasteiger charge is -2.39. The van der Waals surface area contributed by atoms with Crippen LogP contribution in [0.4, 0.5) is 0 Å². The summed E-state index contributed by atoms with van der Waals surface area (Å²) in [6, 6.07) is 10.2. The molecule has 2 aromatic rings. The number of hydrogen-bond donors (Lipinski definition) is 1. The average Bonchev–Trinajstić information content (AvgIpc) is 3.20. The van der Waals surface area contributed by atoms with Crippen molar-refractivity contribution in [1.82, 2.24) is 19.8 Å². The monoisotopic (exact) mass is 350 g/mol. The normalized spacial score (nSPS) is 20.7. The Hall–Kier alpha value is -2.81. The van der Waals surface area contributed by atoms with E-state index in [9.17, 15) is 0 Å². The smallest absolute Gasteiger partial charge is 0.194 e. The van der Waals surface area contributed by atoms with E-state index in [0.29, 0.717) is 24.1 Å². The molecule has 0 spiro atoms. The van der Waals surface area contributed by atoms with Gasteiger partial charge in [0.15, 0.2) is 5.96 Å². The zero-order chi connectivity index (χ0) is 18.4. The van der Waals surface area contributed by atoms with Gasteiger partial charge in [0.25, 0.3) is 0 Å². The van der Waals surface area contributed by atoms with E-state index in [1.165, 1.54) is 0 Å². The molecule has 1 aliphatic heterocycles. The molecule has 6 nitrogen and oxygen atoms in total. The molecule has 1 N–H and O–H groups in total. The summed E-state index contributed by atoms with van der Waals surface area (Å²) in [5, 5.41) is 12.5. The van der Waals surface area contributed by atoms with Gasteiger partial charge in [-0.05, 0) is 37.0 Å². The van der Waals surface area contributed by atoms with Crippen molar-refractivity contribution >= 4 is 5.96 Å². The van der Waals surface area contributed by atoms with Crippen molar-refractivity contribution in [1.29, 1.82) is 5.26 Å². The van der Waals surface area contributed by atoms with Gasteiger partial charge in [0.05, 0.1) is 30.5 Å². The van der Waals surface area contributed by atoms with Crippen LogP contribution in [0.5, 0.6) is 0 Å². The highest BCUT2D eigenvalue weighted by Gasteiger charge is 2.28. The van der Waals surface area contributed by atoms with E-state index in [1.54, 1.807) is 0 Å². The Morgan fingerprint density at radius 3 is 3.08 bits per heavy atom. The molecule has 1 fully saturated rings. The molecule has 1 aromatic heterocycles. The molecule has 1 saturated heterocycles. The highest BCUT2D eigenvalue weighted by Crippen LogP contribution is 2.27. The fourth-order valence-electron chi connectivity index (χ4n) is 3.43. The van der Waals surface area contributed by atoms with Crippen LogP contribution < -0.4 is 5.32 Å². The van der Waals surface area contributed by atoms with Gasteiger partial charge in [-0.25, -0.2) is 9.98 Å². The van der Waals surface area contributed by atoms with Crippen molar-refractivity contribution in [2.24, 2.45) is 10.9 Å². The van der Waals surface area contributed by atoms with Crippen LogP contribution in [-0.2, 0) is 6.54 Å². The topological polar surface area (TPSA) is 69.2 Å². The van der Waals surface area contributed by atoms with Crippen molar-refractivity contribution in [3.8, 4) is 6.07 Å². The van der Waals surface area contributed by atoms with Gasteiger partial charge in [0.2, 0.25) is 0 Å². The van der Waals surface area contributed by atoms with E-state index >= 15 is 0 Å². The number of aliphatic imine (C=N–C) groups is 1. The van der Waals surface area contributed by atoms with Gasteiger partial charge in [0.1, 0.15) is 0 Å². The van der Waals surface area contributed by atoms with E-state index in [2.05, 4.69) is 39.7 Å². The Balaban J connectivity index is 1.75. The molecule has 0 saturated carbocycles. The lowest BCUT2D eigenvalue weighted by atomic mass is 9.93. The molecular formula is C20H26N6. The summed E-state index contributed by atoms with van der Waals surface area (Å²) in [5.41, 5.74) is 1.73. The molecule has 2 atom stereocenters. The van der Waals surface area contributed by atoms with E-state index in [1.807, 2.05) is 43.0 Å². The summed E-state index contributed by atoms with van der Waals surface area (Å²) in [4.78, 5) is 11.4. The van der Waals surface area contributed by atoms with Crippen molar-refractivity contribution in [3.63, 3.8) is 0 Å². The summed E-state index contributed by atoms with van der Waals surface area (Å²) >= 11 is 0. The molecule has 0 aliphatic carbocycles. The van der Waals surface area contributed by atoms with Crippen LogP contribution >= 0.6 is 0 Å². The van der Waals surface area contributed by atoms with Crippen molar-refractivity contribution in [2.75, 3.05) is 19.6 Å². The van der Waals surface area contributed by atoms with Crippen LogP contribution in [0.1, 0.15) is 37.4 Å². The number of guanidine groups is 1. The first kappa shape index (κ1) is 18.0. The summed E-state index contributed by atoms with van der Waals surface area (Å²) in [6.07, 6.45) is 6.91. The third-order valence-electron chi connectivity index (χ3n) is 4.93. The van der Waals surface area contributed by atoms with Gasteiger partial charge in [-0.3, -0.25) is 0 Å². The third kappa shape index (κ3) is 4.23. The Bertz CT molecular complexity index is 774. The summed E-state index contributed by atoms with van der Waals surface area (Å²) < 4.78 is 2.21. The van der Waals surface area contributed by atoms with Crippen molar-refractivity contribution in [3.05, 3.63) is 54.1 Å². The largest absolute Gasteiger partial charge is 0.357 e. The number of imidazole rings is 1. The zero-order valence-corrected chi connectivity index (χ0v) is 15.5. The quantitative estimate of drug-likeness (QED) is 0.680. The number of nitrogens with one attached hydrogen (secondary N) is 1. The van der Waals surface area contributed by atoms with Crippen LogP contribution in [0.2, 0.25) is 0 Å². The summed E-state index contributed by atoms with van der Waals surface area (Å²) in [5.74, 6) is 1.54. The van der Waals surface area contributed by atoms with Gasteiger partial charge in [-0.2, -0.15) is 5.26 Å². The standard InChI is InChI=1S/C20H26N6/c1-3-23-20(24-13-18-6-4-5-17(11-18)12-21)25-9-7-16(2)19(14-25)26-10-8-22-15-26/h4-6,8,10-11,15-16,19H,3,7,9,13-14H2,1-2H3,(H,23,24). The van der Waals surface area contributed by atoms with Crippen LogP contribution in [-0.4, -0.2) is 40.0 Å². The van der Waals surface area contributed by atoms with Crippen LogP contribution in [0.3, 0.4) is 0 Å². The minimum Gasteiger partial charge on any atom is -0.357 e. The molecular weight excluding hydrogens is 324 g/mol. The molecule has 6 heteroatoms. The molecule has 26 heavy (non-hydrogen) atoms. The Labute approximate surface area is 155 Å². The lowest BCUT2D eigenvalue weighted by Crippen LogP contribution is -2.49. The molecule has 2 unspecified atom stereocenters. The van der Waals surface area contributed by atoms with E-state index < -0.39 is 0 Å². The molecule has 0 bridgehead atoms. The van der Waals surface area contributed by atoms with Gasteiger partial charge in [-0.1, -0.05) is 19.1 Å². The average molecular weight is 350 g/mol. The third-order valence-corrected chi connectivity index (χ3v) is 4.93. The SMILES string of the molecule is CCNC(=NCc1cccc(C#N)c1)N1CCC(C)C(n2ccnc2)C1. The summed E-state index contributed by atoms with van der Waals surface area (Å²) in [6.45, 7) is 7.71. The number of nitrogens with zero attached hydrogens (tertiary/aromatic N) is 5. The first-order valence-corrected chi connectivity index (χ1v) is 9.21. The maximum absolute atomic E-state index is 9.06. The zero-order valence-electron chi connectivity index (χ0n) is 15.5. The van der Waals surface area contributed by atoms with Crippen LogP contribution in [0.25, 0.3) is 0 Å². The molecule has 1 aliphatic rings. The highest BCUT2D eigenvalue weighted by molar-refractivity contribution is 5.80. The molecule has 3 rings (SSSR count). The van der Waals surface area contributed by atoms with E-state index in [-0.39, 0.29) is 0 Å². The fourth-order valence-corrected chi connectivity index (χ4v) is 3.43. The number of piperidine rings is 1.